The van der Waals surface area contributed by atoms with Crippen molar-refractivity contribution in [3.63, 3.8) is 0 Å². The van der Waals surface area contributed by atoms with Crippen LogP contribution in [-0.2, 0) is 38.4 Å². The minimum Gasteiger partial charge on any atom is -0.480 e. The Balaban J connectivity index is 3.75. The molecule has 0 atom stereocenters. The van der Waals surface area contributed by atoms with Crippen LogP contribution in [0.25, 0.3) is 0 Å². The van der Waals surface area contributed by atoms with E-state index in [1.54, 1.807) is 0 Å². The monoisotopic (exact) mass is 538 g/mol. The lowest BCUT2D eigenvalue weighted by atomic mass is 10.4. The summed E-state index contributed by atoms with van der Waals surface area (Å²) in [5.74, 6) is -5.67. The number of aliphatic carboxylic acids is 2. The second-order valence-electron chi connectivity index (χ2n) is 6.28. The highest BCUT2D eigenvalue weighted by atomic mass is 33.1. The Kier molecular flexibility index (Phi) is 16.9. The molecule has 0 spiro atoms. The number of carbonyl (C=O) groups is 8. The zero-order chi connectivity index (χ0) is 26.6. The summed E-state index contributed by atoms with van der Waals surface area (Å²) in [6.45, 7) is -2.75. The van der Waals surface area contributed by atoms with Gasteiger partial charge in [0.05, 0.1) is 31.9 Å². The zero-order valence-electron chi connectivity index (χ0n) is 18.3. The first-order valence-corrected chi connectivity index (χ1v) is 12.3. The summed E-state index contributed by atoms with van der Waals surface area (Å²) in [5.41, 5.74) is 0. The average Bonchev–Trinajstić information content (AvgIpc) is 2.80. The molecule has 8 N–H and O–H groups in total. The number of carbonyl (C=O) groups excluding carboxylic acids is 6. The Bertz CT molecular complexity index is 746. The molecule has 0 aliphatic rings. The Morgan fingerprint density at radius 2 is 0.800 bits per heavy atom. The number of rotatable bonds is 18. The Hall–Kier alpha value is -3.54. The number of hydrogen-bond donors (Lipinski definition) is 8. The van der Waals surface area contributed by atoms with Gasteiger partial charge in [0.15, 0.2) is 0 Å². The van der Waals surface area contributed by atoms with Gasteiger partial charge < -0.3 is 42.1 Å². The molecule has 35 heavy (non-hydrogen) atoms. The summed E-state index contributed by atoms with van der Waals surface area (Å²) < 4.78 is 0. The van der Waals surface area contributed by atoms with Gasteiger partial charge in [-0.2, -0.15) is 0 Å². The molecule has 0 radical (unpaired) electrons. The maximum Gasteiger partial charge on any atom is 0.322 e. The second kappa shape index (κ2) is 18.8. The Morgan fingerprint density at radius 3 is 1.20 bits per heavy atom. The lowest BCUT2D eigenvalue weighted by Crippen LogP contribution is -2.43. The quantitative estimate of drug-likeness (QED) is 0.0609. The molecule has 0 heterocycles. The van der Waals surface area contributed by atoms with E-state index in [0.717, 1.165) is 10.8 Å². The van der Waals surface area contributed by atoms with E-state index in [2.05, 4.69) is 31.9 Å². The maximum atomic E-state index is 11.7. The van der Waals surface area contributed by atoms with Crippen LogP contribution in [0.3, 0.4) is 0 Å². The molecule has 0 rings (SSSR count). The van der Waals surface area contributed by atoms with Gasteiger partial charge in [-0.3, -0.25) is 38.4 Å². The molecular formula is C17H26N6O10S2. The summed E-state index contributed by atoms with van der Waals surface area (Å²) in [6.07, 6.45) is 0.0536. The molecule has 0 aromatic heterocycles. The van der Waals surface area contributed by atoms with Gasteiger partial charge in [-0.15, -0.1) is 0 Å². The number of carboxylic acid groups (broad SMARTS) is 2. The van der Waals surface area contributed by atoms with Crippen LogP contribution in [0.1, 0.15) is 6.42 Å². The zero-order valence-corrected chi connectivity index (χ0v) is 20.0. The molecule has 0 saturated heterocycles. The third-order valence-corrected chi connectivity index (χ3v) is 5.61. The van der Waals surface area contributed by atoms with E-state index < -0.39 is 73.6 Å². The van der Waals surface area contributed by atoms with E-state index in [9.17, 15) is 38.4 Å². The topological polar surface area (TPSA) is 249 Å². The fourth-order valence-electron chi connectivity index (χ4n) is 1.74. The van der Waals surface area contributed by atoms with Crippen LogP contribution < -0.4 is 31.9 Å². The fraction of sp³-hybridized carbons (Fsp3) is 0.529. The van der Waals surface area contributed by atoms with Gasteiger partial charge in [0, 0.05) is 12.2 Å². The van der Waals surface area contributed by atoms with Gasteiger partial charge in [0.1, 0.15) is 13.1 Å². The van der Waals surface area contributed by atoms with Crippen molar-refractivity contribution < 1.29 is 48.6 Å². The van der Waals surface area contributed by atoms with Crippen molar-refractivity contribution in [3.8, 4) is 0 Å². The van der Waals surface area contributed by atoms with Crippen LogP contribution in [0.5, 0.6) is 0 Å². The van der Waals surface area contributed by atoms with Crippen LogP contribution >= 0.6 is 21.6 Å². The van der Waals surface area contributed by atoms with E-state index in [0.29, 0.717) is 5.75 Å². The molecule has 196 valence electrons. The predicted molar refractivity (Wildman–Crippen MR) is 123 cm³/mol. The molecule has 0 aromatic carbocycles. The Labute approximate surface area is 206 Å². The van der Waals surface area contributed by atoms with Crippen molar-refractivity contribution in [2.75, 3.05) is 50.8 Å². The molecule has 0 aliphatic carbocycles. The van der Waals surface area contributed by atoms with Gasteiger partial charge in [-0.05, 0) is 0 Å². The van der Waals surface area contributed by atoms with Crippen LogP contribution in [0.15, 0.2) is 0 Å². The molecule has 0 saturated carbocycles. The predicted octanol–water partition coefficient (Wildman–Crippen LogP) is -4.38. The molecular weight excluding hydrogens is 512 g/mol. The largest absolute Gasteiger partial charge is 0.480 e. The first-order chi connectivity index (χ1) is 16.5. The normalized spacial score (nSPS) is 9.83. The number of amides is 6. The second-order valence-corrected chi connectivity index (χ2v) is 8.86. The van der Waals surface area contributed by atoms with Crippen LogP contribution in [0.4, 0.5) is 0 Å². The van der Waals surface area contributed by atoms with Crippen molar-refractivity contribution in [1.82, 2.24) is 31.9 Å². The van der Waals surface area contributed by atoms with Crippen molar-refractivity contribution in [2.24, 2.45) is 0 Å². The molecule has 0 bridgehead atoms. The molecule has 0 aliphatic heterocycles. The van der Waals surface area contributed by atoms with E-state index in [1.165, 1.54) is 10.8 Å². The minimum atomic E-state index is -1.23. The molecule has 0 unspecified atom stereocenters. The number of carboxylic acids is 2. The molecule has 6 amide bonds. The van der Waals surface area contributed by atoms with Gasteiger partial charge in [-0.25, -0.2) is 0 Å². The number of nitrogens with one attached hydrogen (secondary N) is 6. The summed E-state index contributed by atoms with van der Waals surface area (Å²) in [7, 11) is 2.35. The van der Waals surface area contributed by atoms with Crippen LogP contribution in [0.2, 0.25) is 0 Å². The smallest absolute Gasteiger partial charge is 0.322 e. The van der Waals surface area contributed by atoms with Crippen molar-refractivity contribution in [1.29, 1.82) is 0 Å². The third-order valence-electron chi connectivity index (χ3n) is 3.34. The highest BCUT2D eigenvalue weighted by Gasteiger charge is 2.10. The van der Waals surface area contributed by atoms with E-state index >= 15 is 0 Å². The van der Waals surface area contributed by atoms with E-state index in [4.69, 9.17) is 10.2 Å². The van der Waals surface area contributed by atoms with E-state index in [-0.39, 0.29) is 25.3 Å². The highest BCUT2D eigenvalue weighted by molar-refractivity contribution is 8.76. The molecule has 18 heteroatoms. The van der Waals surface area contributed by atoms with Crippen LogP contribution in [-0.4, -0.2) is 108 Å². The number of hydrogen-bond acceptors (Lipinski definition) is 10. The van der Waals surface area contributed by atoms with E-state index in [1.807, 2.05) is 0 Å². The summed E-state index contributed by atoms with van der Waals surface area (Å²) in [6, 6.07) is 0. The van der Waals surface area contributed by atoms with Crippen molar-refractivity contribution in [3.05, 3.63) is 0 Å². The van der Waals surface area contributed by atoms with Crippen LogP contribution in [0, 0.1) is 0 Å². The van der Waals surface area contributed by atoms with Crippen molar-refractivity contribution in [2.45, 2.75) is 6.42 Å². The first kappa shape index (κ1) is 31.5. The molecule has 0 aromatic rings. The van der Waals surface area contributed by atoms with Gasteiger partial charge >= 0.3 is 11.9 Å². The summed E-state index contributed by atoms with van der Waals surface area (Å²) in [5, 5.41) is 30.0. The summed E-state index contributed by atoms with van der Waals surface area (Å²) in [4.78, 5) is 89.5. The third kappa shape index (κ3) is 20.8. The molecule has 0 fully saturated rings. The SMILES string of the molecule is O=C(O)CNC(=O)CNC(=O)CNC(=O)CCSSCC(=O)NCC(=O)NCC(=O)NCC(=O)O. The van der Waals surface area contributed by atoms with Gasteiger partial charge in [0.25, 0.3) is 0 Å². The lowest BCUT2D eigenvalue weighted by Gasteiger charge is -2.07. The first-order valence-electron chi connectivity index (χ1n) is 9.77. The minimum absolute atomic E-state index is 0.00892. The van der Waals surface area contributed by atoms with Crippen molar-refractivity contribution >= 4 is 69.0 Å². The highest BCUT2D eigenvalue weighted by Crippen LogP contribution is 2.21. The van der Waals surface area contributed by atoms with Gasteiger partial charge in [0.2, 0.25) is 35.4 Å². The Morgan fingerprint density at radius 1 is 0.457 bits per heavy atom. The standard InChI is InChI=1S/C17H26N6O10S2/c24-10(18-3-11(25)19-4-13(27)22-7-16(30)31)1-2-34-35-9-15(29)21-6-12(26)20-5-14(28)23-8-17(32)33/h1-9H2,(H,18,24)(H,19,25)(H,20,26)(H,21,29)(H,22,27)(H,23,28)(H,30,31)(H,32,33). The summed E-state index contributed by atoms with van der Waals surface area (Å²) >= 11 is 0. The molecule has 16 nitrogen and oxygen atoms in total. The lowest BCUT2D eigenvalue weighted by molar-refractivity contribution is -0.138. The fourth-order valence-corrected chi connectivity index (χ4v) is 3.60. The van der Waals surface area contributed by atoms with Gasteiger partial charge in [-0.1, -0.05) is 21.6 Å². The maximum absolute atomic E-state index is 11.7. The average molecular weight is 539 g/mol.